The average molecular weight is 176 g/mol. The Hall–Kier alpha value is -0.820. The Kier molecular flexibility index (Phi) is 2.65. The second kappa shape index (κ2) is 3.93. The maximum atomic E-state index is 9.65. The number of hydrogen-bond acceptors (Lipinski definition) is 1. The maximum absolute atomic E-state index is 9.65. The first-order valence-electron chi connectivity index (χ1n) is 5.08. The molecule has 13 heavy (non-hydrogen) atoms. The molecule has 0 radical (unpaired) electrons. The highest BCUT2D eigenvalue weighted by atomic mass is 16.3. The number of aliphatic hydroxyl groups is 1. The van der Waals surface area contributed by atoms with Crippen molar-refractivity contribution in [3.8, 4) is 0 Å². The lowest BCUT2D eigenvalue weighted by Crippen LogP contribution is -2.15. The summed E-state index contributed by atoms with van der Waals surface area (Å²) in [5.41, 5.74) is 1.36. The van der Waals surface area contributed by atoms with E-state index in [1.54, 1.807) is 0 Å². The predicted octanol–water partition coefficient (Wildman–Crippen LogP) is 2.39. The first kappa shape index (κ1) is 8.76. The quantitative estimate of drug-likeness (QED) is 0.733. The van der Waals surface area contributed by atoms with Gasteiger partial charge in [0.15, 0.2) is 0 Å². The zero-order chi connectivity index (χ0) is 9.10. The van der Waals surface area contributed by atoms with Crippen molar-refractivity contribution in [1.29, 1.82) is 0 Å². The molecule has 1 aromatic carbocycles. The van der Waals surface area contributed by atoms with Crippen LogP contribution in [0.4, 0.5) is 0 Å². The van der Waals surface area contributed by atoms with Crippen LogP contribution in [0.1, 0.15) is 24.8 Å². The van der Waals surface area contributed by atoms with Crippen LogP contribution < -0.4 is 0 Å². The first-order valence-corrected chi connectivity index (χ1v) is 5.08. The van der Waals surface area contributed by atoms with Gasteiger partial charge < -0.3 is 5.11 Å². The summed E-state index contributed by atoms with van der Waals surface area (Å²) >= 11 is 0. The van der Waals surface area contributed by atoms with Crippen LogP contribution in [0.5, 0.6) is 0 Å². The van der Waals surface area contributed by atoms with E-state index in [0.29, 0.717) is 5.92 Å². The Morgan fingerprint density at radius 3 is 2.54 bits per heavy atom. The molecule has 1 N–H and O–H groups in total. The minimum Gasteiger partial charge on any atom is -0.393 e. The molecule has 1 nitrogen and oxygen atoms in total. The van der Waals surface area contributed by atoms with Crippen LogP contribution in [0.15, 0.2) is 30.3 Å². The number of aliphatic hydroxyl groups excluding tert-OH is 1. The molecular weight excluding hydrogens is 160 g/mol. The van der Waals surface area contributed by atoms with Gasteiger partial charge in [0.25, 0.3) is 0 Å². The standard InChI is InChI=1S/C12H16O/c13-12-8-4-7-11(12)9-10-5-2-1-3-6-10/h1-3,5-6,11-13H,4,7-9H2/t11-,12+/m1/s1. The van der Waals surface area contributed by atoms with Gasteiger partial charge >= 0.3 is 0 Å². The normalized spacial score (nSPS) is 27.8. The van der Waals surface area contributed by atoms with Crippen LogP contribution in [0.25, 0.3) is 0 Å². The molecule has 2 atom stereocenters. The summed E-state index contributed by atoms with van der Waals surface area (Å²) in [5, 5.41) is 9.65. The highest BCUT2D eigenvalue weighted by Gasteiger charge is 2.24. The topological polar surface area (TPSA) is 20.2 Å². The lowest BCUT2D eigenvalue weighted by molar-refractivity contribution is 0.132. The molecule has 0 amide bonds. The fraction of sp³-hybridized carbons (Fsp3) is 0.500. The molecule has 1 saturated carbocycles. The van der Waals surface area contributed by atoms with Gasteiger partial charge in [0.1, 0.15) is 0 Å². The lowest BCUT2D eigenvalue weighted by atomic mass is 9.96. The molecule has 0 heterocycles. The van der Waals surface area contributed by atoms with E-state index in [0.717, 1.165) is 12.8 Å². The van der Waals surface area contributed by atoms with Gasteiger partial charge in [-0.15, -0.1) is 0 Å². The summed E-state index contributed by atoms with van der Waals surface area (Å²) < 4.78 is 0. The number of rotatable bonds is 2. The Balaban J connectivity index is 1.98. The smallest absolute Gasteiger partial charge is 0.0571 e. The van der Waals surface area contributed by atoms with Crippen LogP contribution in [-0.2, 0) is 6.42 Å². The fourth-order valence-electron chi connectivity index (χ4n) is 2.17. The molecule has 0 bridgehead atoms. The summed E-state index contributed by atoms with van der Waals surface area (Å²) in [6, 6.07) is 10.5. The first-order chi connectivity index (χ1) is 6.36. The van der Waals surface area contributed by atoms with Crippen LogP contribution >= 0.6 is 0 Å². The number of benzene rings is 1. The van der Waals surface area contributed by atoms with Crippen molar-refractivity contribution in [2.45, 2.75) is 31.8 Å². The van der Waals surface area contributed by atoms with E-state index in [9.17, 15) is 5.11 Å². The van der Waals surface area contributed by atoms with Gasteiger partial charge in [0.2, 0.25) is 0 Å². The summed E-state index contributed by atoms with van der Waals surface area (Å²) in [4.78, 5) is 0. The molecule has 1 aromatic rings. The highest BCUT2D eigenvalue weighted by molar-refractivity contribution is 5.15. The third-order valence-corrected chi connectivity index (χ3v) is 2.96. The summed E-state index contributed by atoms with van der Waals surface area (Å²) in [6.07, 6.45) is 4.37. The van der Waals surface area contributed by atoms with Crippen molar-refractivity contribution in [2.75, 3.05) is 0 Å². The van der Waals surface area contributed by atoms with Gasteiger partial charge in [-0.3, -0.25) is 0 Å². The molecule has 1 fully saturated rings. The van der Waals surface area contributed by atoms with Crippen LogP contribution in [0.3, 0.4) is 0 Å². The molecule has 0 aromatic heterocycles. The minimum absolute atomic E-state index is 0.0554. The Morgan fingerprint density at radius 2 is 1.92 bits per heavy atom. The molecule has 0 saturated heterocycles. The molecule has 2 rings (SSSR count). The molecule has 0 unspecified atom stereocenters. The van der Waals surface area contributed by atoms with Crippen molar-refractivity contribution >= 4 is 0 Å². The zero-order valence-corrected chi connectivity index (χ0v) is 7.82. The van der Waals surface area contributed by atoms with Gasteiger partial charge in [-0.2, -0.15) is 0 Å². The van der Waals surface area contributed by atoms with E-state index >= 15 is 0 Å². The molecule has 1 heteroatoms. The summed E-state index contributed by atoms with van der Waals surface area (Å²) in [7, 11) is 0. The minimum atomic E-state index is -0.0554. The molecule has 70 valence electrons. The molecular formula is C12H16O. The number of hydrogen-bond donors (Lipinski definition) is 1. The lowest BCUT2D eigenvalue weighted by Gasteiger charge is -2.13. The summed E-state index contributed by atoms with van der Waals surface area (Å²) in [5.74, 6) is 0.502. The Bertz CT molecular complexity index is 255. The van der Waals surface area contributed by atoms with Crippen LogP contribution in [-0.4, -0.2) is 11.2 Å². The van der Waals surface area contributed by atoms with E-state index in [4.69, 9.17) is 0 Å². The van der Waals surface area contributed by atoms with E-state index in [1.807, 2.05) is 6.07 Å². The molecule has 1 aliphatic rings. The maximum Gasteiger partial charge on any atom is 0.0571 e. The third-order valence-electron chi connectivity index (χ3n) is 2.96. The average Bonchev–Trinajstić information content (AvgIpc) is 2.54. The van der Waals surface area contributed by atoms with Gasteiger partial charge in [0.05, 0.1) is 6.10 Å². The molecule has 1 aliphatic carbocycles. The van der Waals surface area contributed by atoms with Gasteiger partial charge in [-0.1, -0.05) is 36.8 Å². The van der Waals surface area contributed by atoms with Crippen molar-refractivity contribution in [3.63, 3.8) is 0 Å². The van der Waals surface area contributed by atoms with Gasteiger partial charge in [0, 0.05) is 0 Å². The van der Waals surface area contributed by atoms with E-state index < -0.39 is 0 Å². The third kappa shape index (κ3) is 2.10. The monoisotopic (exact) mass is 176 g/mol. The van der Waals surface area contributed by atoms with Gasteiger partial charge in [-0.05, 0) is 30.7 Å². The predicted molar refractivity (Wildman–Crippen MR) is 53.5 cm³/mol. The van der Waals surface area contributed by atoms with Crippen molar-refractivity contribution in [2.24, 2.45) is 5.92 Å². The Labute approximate surface area is 79.4 Å². The van der Waals surface area contributed by atoms with Crippen molar-refractivity contribution < 1.29 is 5.11 Å². The molecule has 0 spiro atoms. The van der Waals surface area contributed by atoms with Crippen LogP contribution in [0, 0.1) is 5.92 Å². The van der Waals surface area contributed by atoms with Gasteiger partial charge in [-0.25, -0.2) is 0 Å². The second-order valence-electron chi connectivity index (χ2n) is 3.95. The SMILES string of the molecule is O[C@H]1CCC[C@@H]1Cc1ccccc1. The van der Waals surface area contributed by atoms with E-state index in [2.05, 4.69) is 24.3 Å². The summed E-state index contributed by atoms with van der Waals surface area (Å²) in [6.45, 7) is 0. The Morgan fingerprint density at radius 1 is 1.15 bits per heavy atom. The fourth-order valence-corrected chi connectivity index (χ4v) is 2.17. The second-order valence-corrected chi connectivity index (χ2v) is 3.95. The zero-order valence-electron chi connectivity index (χ0n) is 7.82. The highest BCUT2D eigenvalue weighted by Crippen LogP contribution is 2.28. The largest absolute Gasteiger partial charge is 0.393 e. The molecule has 0 aliphatic heterocycles. The van der Waals surface area contributed by atoms with Crippen LogP contribution in [0.2, 0.25) is 0 Å². The van der Waals surface area contributed by atoms with E-state index in [1.165, 1.54) is 18.4 Å². The van der Waals surface area contributed by atoms with Crippen molar-refractivity contribution in [1.82, 2.24) is 0 Å². The van der Waals surface area contributed by atoms with Crippen molar-refractivity contribution in [3.05, 3.63) is 35.9 Å². The van der Waals surface area contributed by atoms with E-state index in [-0.39, 0.29) is 6.10 Å².